The van der Waals surface area contributed by atoms with Crippen molar-refractivity contribution in [2.24, 2.45) is 11.8 Å². The molecule has 2 N–H and O–H groups in total. The average molecular weight is 282 g/mol. The van der Waals surface area contributed by atoms with Crippen LogP contribution in [0, 0.1) is 11.8 Å². The third kappa shape index (κ3) is 2.63. The zero-order valence-corrected chi connectivity index (χ0v) is 12.7. The Morgan fingerprint density at radius 2 is 1.95 bits per heavy atom. The van der Waals surface area contributed by atoms with E-state index in [0.717, 1.165) is 25.7 Å². The monoisotopic (exact) mass is 282 g/mol. The van der Waals surface area contributed by atoms with Gasteiger partial charge >= 0.3 is 12.0 Å². The van der Waals surface area contributed by atoms with Gasteiger partial charge in [-0.3, -0.25) is 0 Å². The summed E-state index contributed by atoms with van der Waals surface area (Å²) >= 11 is 0. The van der Waals surface area contributed by atoms with E-state index in [-0.39, 0.29) is 12.1 Å². The van der Waals surface area contributed by atoms with E-state index < -0.39 is 11.5 Å². The highest BCUT2D eigenvalue weighted by Crippen LogP contribution is 2.32. The third-order valence-corrected chi connectivity index (χ3v) is 5.37. The summed E-state index contributed by atoms with van der Waals surface area (Å²) < 4.78 is 0. The van der Waals surface area contributed by atoms with Crippen LogP contribution < -0.4 is 5.32 Å². The van der Waals surface area contributed by atoms with Crippen LogP contribution in [-0.2, 0) is 4.79 Å². The second-order valence-electron chi connectivity index (χ2n) is 6.66. The lowest BCUT2D eigenvalue weighted by Crippen LogP contribution is -2.61. The van der Waals surface area contributed by atoms with Gasteiger partial charge in [0.15, 0.2) is 0 Å². The van der Waals surface area contributed by atoms with Crippen LogP contribution in [0.5, 0.6) is 0 Å². The number of carboxylic acids is 1. The first-order valence-corrected chi connectivity index (χ1v) is 7.68. The summed E-state index contributed by atoms with van der Waals surface area (Å²) in [7, 11) is 0. The molecule has 4 unspecified atom stereocenters. The molecule has 2 rings (SSSR count). The summed E-state index contributed by atoms with van der Waals surface area (Å²) in [5, 5.41) is 12.5. The molecule has 1 saturated heterocycles. The molecule has 0 aromatic heterocycles. The van der Waals surface area contributed by atoms with Crippen LogP contribution in [0.4, 0.5) is 4.79 Å². The number of carbonyl (C=O) groups excluding carboxylic acids is 1. The molecule has 2 aliphatic rings. The number of aliphatic carboxylic acids is 1. The third-order valence-electron chi connectivity index (χ3n) is 5.37. The molecule has 1 aliphatic carbocycles. The SMILES string of the molecule is CC1CCC(NC(=O)N2CCCCC2(C)C(=O)O)C1C. The predicted octanol–water partition coefficient (Wildman–Crippen LogP) is 2.46. The van der Waals surface area contributed by atoms with E-state index >= 15 is 0 Å². The van der Waals surface area contributed by atoms with Crippen molar-refractivity contribution in [2.45, 2.75) is 64.5 Å². The molecule has 5 nitrogen and oxygen atoms in total. The van der Waals surface area contributed by atoms with Gasteiger partial charge in [0, 0.05) is 12.6 Å². The minimum atomic E-state index is -1.06. The van der Waals surface area contributed by atoms with Gasteiger partial charge in [0.1, 0.15) is 5.54 Å². The van der Waals surface area contributed by atoms with Crippen molar-refractivity contribution >= 4 is 12.0 Å². The van der Waals surface area contributed by atoms with E-state index in [2.05, 4.69) is 19.2 Å². The molecule has 1 saturated carbocycles. The van der Waals surface area contributed by atoms with E-state index in [9.17, 15) is 14.7 Å². The number of piperidine rings is 1. The summed E-state index contributed by atoms with van der Waals surface area (Å²) in [4.78, 5) is 25.5. The topological polar surface area (TPSA) is 69.6 Å². The largest absolute Gasteiger partial charge is 0.480 e. The fourth-order valence-corrected chi connectivity index (χ4v) is 3.47. The van der Waals surface area contributed by atoms with Crippen molar-refractivity contribution in [1.82, 2.24) is 10.2 Å². The molecule has 0 spiro atoms. The Bertz CT molecular complexity index is 399. The van der Waals surface area contributed by atoms with Crippen LogP contribution in [-0.4, -0.2) is 40.1 Å². The summed E-state index contributed by atoms with van der Waals surface area (Å²) in [6, 6.07) is -0.0296. The lowest BCUT2D eigenvalue weighted by Gasteiger charge is -2.42. The number of nitrogens with one attached hydrogen (secondary N) is 1. The smallest absolute Gasteiger partial charge is 0.329 e. The maximum Gasteiger partial charge on any atom is 0.329 e. The first-order chi connectivity index (χ1) is 9.36. The lowest BCUT2D eigenvalue weighted by molar-refractivity contribution is -0.150. The van der Waals surface area contributed by atoms with Crippen LogP contribution in [0.1, 0.15) is 52.9 Å². The molecule has 0 bridgehead atoms. The highest BCUT2D eigenvalue weighted by Gasteiger charge is 2.45. The Labute approximate surface area is 120 Å². The first-order valence-electron chi connectivity index (χ1n) is 7.68. The Hall–Kier alpha value is -1.26. The Kier molecular flexibility index (Phi) is 4.25. The summed E-state index contributed by atoms with van der Waals surface area (Å²) in [6.07, 6.45) is 4.40. The van der Waals surface area contributed by atoms with Gasteiger partial charge in [-0.1, -0.05) is 13.8 Å². The van der Waals surface area contributed by atoms with Crippen LogP contribution in [0.3, 0.4) is 0 Å². The zero-order chi connectivity index (χ0) is 14.9. The normalized spacial score (nSPS) is 37.8. The number of urea groups is 1. The van der Waals surface area contributed by atoms with Gasteiger partial charge in [0.25, 0.3) is 0 Å². The van der Waals surface area contributed by atoms with Gasteiger partial charge in [-0.2, -0.15) is 0 Å². The van der Waals surface area contributed by atoms with E-state index in [1.54, 1.807) is 6.92 Å². The molecular weight excluding hydrogens is 256 g/mol. The fraction of sp³-hybridized carbons (Fsp3) is 0.867. The number of rotatable bonds is 2. The van der Waals surface area contributed by atoms with Crippen LogP contribution >= 0.6 is 0 Å². The lowest BCUT2D eigenvalue weighted by atomic mass is 9.89. The van der Waals surface area contributed by atoms with E-state index in [1.165, 1.54) is 4.90 Å². The standard InChI is InChI=1S/C15H26N2O3/c1-10-6-7-12(11(10)2)16-14(20)17-9-5-4-8-15(17,3)13(18)19/h10-12H,4-9H2,1-3H3,(H,16,20)(H,18,19). The van der Waals surface area contributed by atoms with Crippen molar-refractivity contribution in [3.8, 4) is 0 Å². The molecule has 114 valence electrons. The molecule has 0 radical (unpaired) electrons. The minimum Gasteiger partial charge on any atom is -0.480 e. The molecular formula is C15H26N2O3. The van der Waals surface area contributed by atoms with Crippen molar-refractivity contribution in [3.63, 3.8) is 0 Å². The van der Waals surface area contributed by atoms with E-state index in [0.29, 0.717) is 24.8 Å². The Morgan fingerprint density at radius 1 is 1.25 bits per heavy atom. The van der Waals surface area contributed by atoms with Gasteiger partial charge in [0.2, 0.25) is 0 Å². The first kappa shape index (κ1) is 15.1. The second kappa shape index (κ2) is 5.62. The quantitative estimate of drug-likeness (QED) is 0.817. The molecule has 5 heteroatoms. The van der Waals surface area contributed by atoms with Gasteiger partial charge in [0.05, 0.1) is 0 Å². The zero-order valence-electron chi connectivity index (χ0n) is 12.7. The Morgan fingerprint density at radius 3 is 2.50 bits per heavy atom. The highest BCUT2D eigenvalue weighted by atomic mass is 16.4. The molecule has 2 fully saturated rings. The van der Waals surface area contributed by atoms with E-state index in [1.807, 2.05) is 0 Å². The van der Waals surface area contributed by atoms with Crippen LogP contribution in [0.15, 0.2) is 0 Å². The number of carboxylic acid groups (broad SMARTS) is 1. The molecule has 0 aromatic carbocycles. The van der Waals surface area contributed by atoms with Crippen LogP contribution in [0.25, 0.3) is 0 Å². The van der Waals surface area contributed by atoms with E-state index in [4.69, 9.17) is 0 Å². The van der Waals surface area contributed by atoms with Gasteiger partial charge in [-0.05, 0) is 50.9 Å². The molecule has 1 heterocycles. The summed E-state index contributed by atoms with van der Waals surface area (Å²) in [5.41, 5.74) is -1.06. The molecule has 2 amide bonds. The second-order valence-corrected chi connectivity index (χ2v) is 6.66. The Balaban J connectivity index is 2.05. The number of hydrogen-bond donors (Lipinski definition) is 2. The fourth-order valence-electron chi connectivity index (χ4n) is 3.47. The van der Waals surface area contributed by atoms with Crippen molar-refractivity contribution < 1.29 is 14.7 Å². The van der Waals surface area contributed by atoms with Gasteiger partial charge in [-0.15, -0.1) is 0 Å². The van der Waals surface area contributed by atoms with Crippen molar-refractivity contribution in [3.05, 3.63) is 0 Å². The predicted molar refractivity (Wildman–Crippen MR) is 76.5 cm³/mol. The molecule has 0 aromatic rings. The summed E-state index contributed by atoms with van der Waals surface area (Å²) in [5.74, 6) is 0.174. The number of likely N-dealkylation sites (tertiary alicyclic amines) is 1. The number of nitrogens with zero attached hydrogens (tertiary/aromatic N) is 1. The average Bonchev–Trinajstić information content (AvgIpc) is 2.71. The van der Waals surface area contributed by atoms with Crippen LogP contribution in [0.2, 0.25) is 0 Å². The number of amides is 2. The van der Waals surface area contributed by atoms with Crippen molar-refractivity contribution in [1.29, 1.82) is 0 Å². The minimum absolute atomic E-state index is 0.178. The highest BCUT2D eigenvalue weighted by molar-refractivity contribution is 5.86. The number of hydrogen-bond acceptors (Lipinski definition) is 2. The molecule has 4 atom stereocenters. The number of carbonyl (C=O) groups is 2. The summed E-state index contributed by atoms with van der Waals surface area (Å²) in [6.45, 7) is 6.56. The molecule has 20 heavy (non-hydrogen) atoms. The molecule has 1 aliphatic heterocycles. The maximum absolute atomic E-state index is 12.5. The maximum atomic E-state index is 12.5. The van der Waals surface area contributed by atoms with Crippen molar-refractivity contribution in [2.75, 3.05) is 6.54 Å². The van der Waals surface area contributed by atoms with Gasteiger partial charge < -0.3 is 15.3 Å². The van der Waals surface area contributed by atoms with Gasteiger partial charge in [-0.25, -0.2) is 9.59 Å².